The van der Waals surface area contributed by atoms with E-state index in [9.17, 15) is 4.79 Å². The first-order chi connectivity index (χ1) is 12.3. The third kappa shape index (κ3) is 4.40. The normalized spacial score (nSPS) is 12.8. The molecule has 0 aliphatic carbocycles. The van der Waals surface area contributed by atoms with Gasteiger partial charge >= 0.3 is 0 Å². The van der Waals surface area contributed by atoms with E-state index >= 15 is 0 Å². The Hall–Kier alpha value is -3.24. The predicted octanol–water partition coefficient (Wildman–Crippen LogP) is 3.26. The highest BCUT2D eigenvalue weighted by molar-refractivity contribution is 5.94. The van der Waals surface area contributed by atoms with Gasteiger partial charge in [-0.2, -0.15) is 5.26 Å². The van der Waals surface area contributed by atoms with E-state index < -0.39 is 0 Å². The van der Waals surface area contributed by atoms with E-state index in [0.29, 0.717) is 12.1 Å². The quantitative estimate of drug-likeness (QED) is 0.880. The molecule has 0 saturated carbocycles. The maximum Gasteiger partial charge on any atom is 0.253 e. The maximum atomic E-state index is 12.3. The van der Waals surface area contributed by atoms with Crippen molar-refractivity contribution in [1.82, 2.24) is 4.90 Å². The van der Waals surface area contributed by atoms with Crippen LogP contribution in [0.4, 0.5) is 5.69 Å². The van der Waals surface area contributed by atoms with Crippen LogP contribution in [0.3, 0.4) is 0 Å². The highest BCUT2D eigenvalue weighted by Gasteiger charge is 2.18. The molecule has 1 saturated heterocycles. The molecule has 4 heteroatoms. The number of rotatable bonds is 3. The van der Waals surface area contributed by atoms with Crippen LogP contribution in [0.5, 0.6) is 0 Å². The van der Waals surface area contributed by atoms with Gasteiger partial charge in [0.15, 0.2) is 0 Å². The van der Waals surface area contributed by atoms with Crippen molar-refractivity contribution in [3.8, 4) is 17.9 Å². The van der Waals surface area contributed by atoms with Crippen molar-refractivity contribution in [2.75, 3.05) is 25.0 Å². The molecule has 124 valence electrons. The zero-order chi connectivity index (χ0) is 17.5. The number of likely N-dealkylation sites (tertiary alicyclic amines) is 1. The second kappa shape index (κ2) is 8.04. The molecule has 0 aromatic heterocycles. The van der Waals surface area contributed by atoms with Crippen LogP contribution in [0.2, 0.25) is 0 Å². The molecule has 1 aliphatic heterocycles. The van der Waals surface area contributed by atoms with Crippen molar-refractivity contribution in [2.24, 2.45) is 0 Å². The Morgan fingerprint density at radius 1 is 1.08 bits per heavy atom. The van der Waals surface area contributed by atoms with Crippen LogP contribution in [-0.4, -0.2) is 30.4 Å². The Labute approximate surface area is 148 Å². The molecule has 1 heterocycles. The second-order valence-electron chi connectivity index (χ2n) is 5.92. The first-order valence-corrected chi connectivity index (χ1v) is 8.38. The van der Waals surface area contributed by atoms with Gasteiger partial charge in [0.25, 0.3) is 5.91 Å². The molecule has 0 radical (unpaired) electrons. The number of anilines is 1. The Morgan fingerprint density at radius 3 is 2.56 bits per heavy atom. The summed E-state index contributed by atoms with van der Waals surface area (Å²) in [6.45, 7) is 2.21. The molecule has 25 heavy (non-hydrogen) atoms. The van der Waals surface area contributed by atoms with E-state index in [0.717, 1.165) is 42.7 Å². The van der Waals surface area contributed by atoms with Gasteiger partial charge in [-0.3, -0.25) is 4.79 Å². The minimum atomic E-state index is 0.107. The van der Waals surface area contributed by atoms with Crippen LogP contribution >= 0.6 is 0 Å². The van der Waals surface area contributed by atoms with Crippen molar-refractivity contribution < 1.29 is 4.79 Å². The Morgan fingerprint density at radius 2 is 1.84 bits per heavy atom. The van der Waals surface area contributed by atoms with Crippen LogP contribution in [0.1, 0.15) is 34.3 Å². The molecule has 1 amide bonds. The van der Waals surface area contributed by atoms with E-state index in [4.69, 9.17) is 5.26 Å². The Balaban J connectivity index is 1.56. The van der Waals surface area contributed by atoms with Crippen LogP contribution in [0.25, 0.3) is 0 Å². The average molecular weight is 329 g/mol. The Bertz CT molecular complexity index is 847. The summed E-state index contributed by atoms with van der Waals surface area (Å²) in [6.07, 6.45) is 2.19. The number of carbonyl (C=O) groups is 1. The fourth-order valence-electron chi connectivity index (χ4n) is 2.79. The monoisotopic (exact) mass is 329 g/mol. The van der Waals surface area contributed by atoms with E-state index in [2.05, 4.69) is 23.2 Å². The minimum absolute atomic E-state index is 0.107. The molecule has 2 aromatic rings. The lowest BCUT2D eigenvalue weighted by atomic mass is 10.1. The zero-order valence-corrected chi connectivity index (χ0v) is 14.0. The number of nitrogens with zero attached hydrogens (tertiary/aromatic N) is 2. The van der Waals surface area contributed by atoms with Gasteiger partial charge in [0, 0.05) is 29.9 Å². The number of benzene rings is 2. The summed E-state index contributed by atoms with van der Waals surface area (Å²) >= 11 is 0. The predicted molar refractivity (Wildman–Crippen MR) is 98.1 cm³/mol. The number of carbonyl (C=O) groups excluding carboxylic acids is 1. The smallest absolute Gasteiger partial charge is 0.253 e. The second-order valence-corrected chi connectivity index (χ2v) is 5.92. The molecule has 0 bridgehead atoms. The molecular formula is C21H19N3O. The summed E-state index contributed by atoms with van der Waals surface area (Å²) in [5, 5.41) is 12.1. The summed E-state index contributed by atoms with van der Waals surface area (Å²) in [5.41, 5.74) is 3.10. The Kier molecular flexibility index (Phi) is 5.34. The summed E-state index contributed by atoms with van der Waals surface area (Å²) in [7, 11) is 0. The summed E-state index contributed by atoms with van der Waals surface area (Å²) in [6, 6.07) is 16.9. The molecule has 0 atom stereocenters. The molecule has 1 N–H and O–H groups in total. The van der Waals surface area contributed by atoms with Crippen molar-refractivity contribution in [3.63, 3.8) is 0 Å². The molecule has 1 aliphatic rings. The van der Waals surface area contributed by atoms with Gasteiger partial charge in [0.05, 0.1) is 18.2 Å². The third-order valence-corrected chi connectivity index (χ3v) is 4.13. The number of nitrogens with one attached hydrogen (secondary N) is 1. The summed E-state index contributed by atoms with van der Waals surface area (Å²) < 4.78 is 0. The fourth-order valence-corrected chi connectivity index (χ4v) is 2.79. The van der Waals surface area contributed by atoms with Gasteiger partial charge in [-0.1, -0.05) is 17.9 Å². The van der Waals surface area contributed by atoms with Gasteiger partial charge in [-0.15, -0.1) is 0 Å². The summed E-state index contributed by atoms with van der Waals surface area (Å²) in [4.78, 5) is 14.2. The lowest BCUT2D eigenvalue weighted by molar-refractivity contribution is 0.0793. The minimum Gasteiger partial charge on any atom is -0.374 e. The van der Waals surface area contributed by atoms with Gasteiger partial charge in [0.1, 0.15) is 0 Å². The molecule has 1 fully saturated rings. The maximum absolute atomic E-state index is 12.3. The first kappa shape index (κ1) is 16.6. The SMILES string of the molecule is N#Cc1cccc(NCC#Cc2ccc(C(=O)N3CCCC3)cc2)c1. The van der Waals surface area contributed by atoms with Crippen molar-refractivity contribution in [2.45, 2.75) is 12.8 Å². The van der Waals surface area contributed by atoms with Crippen molar-refractivity contribution in [3.05, 3.63) is 65.2 Å². The van der Waals surface area contributed by atoms with Crippen LogP contribution < -0.4 is 5.32 Å². The topological polar surface area (TPSA) is 56.1 Å². The third-order valence-electron chi connectivity index (χ3n) is 4.13. The van der Waals surface area contributed by atoms with Crippen molar-refractivity contribution >= 4 is 11.6 Å². The molecule has 4 nitrogen and oxygen atoms in total. The van der Waals surface area contributed by atoms with Crippen molar-refractivity contribution in [1.29, 1.82) is 5.26 Å². The lowest BCUT2D eigenvalue weighted by Crippen LogP contribution is -2.27. The van der Waals surface area contributed by atoms with Gasteiger partial charge < -0.3 is 10.2 Å². The lowest BCUT2D eigenvalue weighted by Gasteiger charge is -2.14. The van der Waals surface area contributed by atoms with Crippen LogP contribution in [0.15, 0.2) is 48.5 Å². The van der Waals surface area contributed by atoms with Crippen LogP contribution in [0, 0.1) is 23.2 Å². The van der Waals surface area contributed by atoms with E-state index in [1.165, 1.54) is 0 Å². The molecule has 3 rings (SSSR count). The zero-order valence-electron chi connectivity index (χ0n) is 14.0. The van der Waals surface area contributed by atoms with Gasteiger partial charge in [0.2, 0.25) is 0 Å². The van der Waals surface area contributed by atoms with E-state index in [1.807, 2.05) is 41.3 Å². The van der Waals surface area contributed by atoms with E-state index in [-0.39, 0.29) is 5.91 Å². The number of amides is 1. The molecule has 2 aromatic carbocycles. The molecule has 0 spiro atoms. The highest BCUT2D eigenvalue weighted by Crippen LogP contribution is 2.13. The largest absolute Gasteiger partial charge is 0.374 e. The average Bonchev–Trinajstić information content (AvgIpc) is 3.20. The standard InChI is InChI=1S/C21H19N3O/c22-16-18-5-3-7-20(15-18)23-12-4-6-17-8-10-19(11-9-17)21(25)24-13-1-2-14-24/h3,5,7-11,15,23H,1-2,12-14H2. The van der Waals surface area contributed by atoms with E-state index in [1.54, 1.807) is 12.1 Å². The molecular weight excluding hydrogens is 310 g/mol. The van der Waals surface area contributed by atoms with Gasteiger partial charge in [-0.05, 0) is 55.3 Å². The summed E-state index contributed by atoms with van der Waals surface area (Å²) in [5.74, 6) is 6.24. The fraction of sp³-hybridized carbons (Fsp3) is 0.238. The number of hydrogen-bond donors (Lipinski definition) is 1. The van der Waals surface area contributed by atoms with Gasteiger partial charge in [-0.25, -0.2) is 0 Å². The van der Waals surface area contributed by atoms with Crippen LogP contribution in [-0.2, 0) is 0 Å². The first-order valence-electron chi connectivity index (χ1n) is 8.38. The highest BCUT2D eigenvalue weighted by atomic mass is 16.2. The number of hydrogen-bond acceptors (Lipinski definition) is 3. The molecule has 0 unspecified atom stereocenters. The number of nitriles is 1.